The van der Waals surface area contributed by atoms with E-state index < -0.39 is 18.0 Å². The van der Waals surface area contributed by atoms with Crippen molar-refractivity contribution in [2.45, 2.75) is 43.8 Å². The number of carbonyl (C=O) groups is 2. The number of carboxylic acid groups (broad SMARTS) is 1. The summed E-state index contributed by atoms with van der Waals surface area (Å²) in [4.78, 5) is 25.2. The van der Waals surface area contributed by atoms with E-state index in [0.717, 1.165) is 25.9 Å². The minimum Gasteiger partial charge on any atom is -0.480 e. The van der Waals surface area contributed by atoms with E-state index in [9.17, 15) is 9.59 Å². The molecule has 6 heteroatoms. The summed E-state index contributed by atoms with van der Waals surface area (Å²) in [5.41, 5.74) is 0. The lowest BCUT2D eigenvalue weighted by atomic mass is 10.1. The van der Waals surface area contributed by atoms with Crippen LogP contribution in [-0.2, 0) is 4.79 Å². The zero-order valence-corrected chi connectivity index (χ0v) is 11.0. The molecule has 2 rings (SSSR count). The summed E-state index contributed by atoms with van der Waals surface area (Å²) in [5.74, 6) is -1.04. The molecule has 0 aromatic heterocycles. The molecule has 3 N–H and O–H groups in total. The van der Waals surface area contributed by atoms with Crippen molar-refractivity contribution >= 4 is 12.0 Å². The summed E-state index contributed by atoms with van der Waals surface area (Å²) in [5, 5.41) is 14.4. The number of aliphatic carboxylic acids is 1. The first kappa shape index (κ1) is 13.9. The maximum atomic E-state index is 11.8. The lowest BCUT2D eigenvalue weighted by molar-refractivity contribution is -0.139. The van der Waals surface area contributed by atoms with E-state index in [-0.39, 0.29) is 12.5 Å². The first-order valence-electron chi connectivity index (χ1n) is 6.76. The number of nitrogens with one attached hydrogen (secondary N) is 2. The highest BCUT2D eigenvalue weighted by atomic mass is 16.4. The molecular weight excluding hydrogens is 246 g/mol. The quantitative estimate of drug-likeness (QED) is 0.635. The van der Waals surface area contributed by atoms with Gasteiger partial charge in [0.15, 0.2) is 0 Å². The average molecular weight is 267 g/mol. The van der Waals surface area contributed by atoms with Gasteiger partial charge in [0.25, 0.3) is 0 Å². The van der Waals surface area contributed by atoms with Gasteiger partial charge in [0.2, 0.25) is 0 Å². The number of amides is 2. The fourth-order valence-corrected chi connectivity index (χ4v) is 3.01. The molecule has 3 atom stereocenters. The molecule has 0 aromatic rings. The van der Waals surface area contributed by atoms with E-state index in [1.165, 1.54) is 12.5 Å². The van der Waals surface area contributed by atoms with E-state index >= 15 is 0 Å². The van der Waals surface area contributed by atoms with Crippen LogP contribution in [0.4, 0.5) is 4.79 Å². The van der Waals surface area contributed by atoms with Gasteiger partial charge in [-0.2, -0.15) is 0 Å². The molecule has 2 aliphatic rings. The molecule has 106 valence electrons. The number of urea groups is 1. The molecule has 3 unspecified atom stereocenters. The van der Waals surface area contributed by atoms with Gasteiger partial charge >= 0.3 is 12.0 Å². The molecule has 0 bridgehead atoms. The van der Waals surface area contributed by atoms with Crippen LogP contribution in [0.3, 0.4) is 0 Å². The first-order chi connectivity index (χ1) is 9.11. The molecule has 2 heterocycles. The lowest BCUT2D eigenvalue weighted by Gasteiger charge is -2.22. The second-order valence-corrected chi connectivity index (χ2v) is 5.17. The highest BCUT2D eigenvalue weighted by molar-refractivity contribution is 5.82. The Morgan fingerprint density at radius 3 is 2.89 bits per heavy atom. The third kappa shape index (κ3) is 3.26. The van der Waals surface area contributed by atoms with Crippen molar-refractivity contribution < 1.29 is 14.7 Å². The highest BCUT2D eigenvalue weighted by Gasteiger charge is 2.38. The van der Waals surface area contributed by atoms with Gasteiger partial charge in [0.05, 0.1) is 0 Å². The molecule has 6 nitrogen and oxygen atoms in total. The Labute approximate surface area is 112 Å². The molecule has 2 fully saturated rings. The smallest absolute Gasteiger partial charge is 0.326 e. The van der Waals surface area contributed by atoms with Gasteiger partial charge in [-0.15, -0.1) is 6.58 Å². The summed E-state index contributed by atoms with van der Waals surface area (Å²) in [6, 6.07) is -0.735. The lowest BCUT2D eigenvalue weighted by Crippen LogP contribution is -2.51. The number of rotatable bonds is 5. The SMILES string of the molecule is C=CCC(NC(=O)NC1CCN2CCCC12)C(=O)O. The minimum absolute atomic E-state index is 0.140. The Bertz CT molecular complexity index is 372. The summed E-state index contributed by atoms with van der Waals surface area (Å²) in [7, 11) is 0. The summed E-state index contributed by atoms with van der Waals surface area (Å²) < 4.78 is 0. The monoisotopic (exact) mass is 267 g/mol. The molecule has 0 radical (unpaired) electrons. The molecule has 0 aromatic carbocycles. The molecule has 19 heavy (non-hydrogen) atoms. The number of carbonyl (C=O) groups excluding carboxylic acids is 1. The Balaban J connectivity index is 1.83. The van der Waals surface area contributed by atoms with Crippen molar-refractivity contribution in [2.75, 3.05) is 13.1 Å². The van der Waals surface area contributed by atoms with Gasteiger partial charge in [0.1, 0.15) is 6.04 Å². The van der Waals surface area contributed by atoms with Crippen molar-refractivity contribution in [3.63, 3.8) is 0 Å². The molecule has 2 saturated heterocycles. The summed E-state index contributed by atoms with van der Waals surface area (Å²) in [6.45, 7) is 5.62. The van der Waals surface area contributed by atoms with Crippen LogP contribution in [0.1, 0.15) is 25.7 Å². The minimum atomic E-state index is -1.04. The molecule has 2 amide bonds. The standard InChI is InChI=1S/C13H21N3O3/c1-2-4-10(12(17)18)15-13(19)14-9-6-8-16-7-3-5-11(9)16/h2,9-11H,1,3-8H2,(H,17,18)(H2,14,15,19). The van der Waals surface area contributed by atoms with Crippen LogP contribution in [0.5, 0.6) is 0 Å². The van der Waals surface area contributed by atoms with Gasteiger partial charge in [0, 0.05) is 18.6 Å². The van der Waals surface area contributed by atoms with Crippen molar-refractivity contribution in [2.24, 2.45) is 0 Å². The fraction of sp³-hybridized carbons (Fsp3) is 0.692. The normalized spacial score (nSPS) is 27.6. The zero-order chi connectivity index (χ0) is 13.8. The van der Waals surface area contributed by atoms with Gasteiger partial charge in [-0.3, -0.25) is 4.90 Å². The maximum absolute atomic E-state index is 11.8. The molecular formula is C13H21N3O3. The summed E-state index contributed by atoms with van der Waals surface area (Å²) >= 11 is 0. The Hall–Kier alpha value is -1.56. The molecule has 0 saturated carbocycles. The van der Waals surface area contributed by atoms with Crippen LogP contribution < -0.4 is 10.6 Å². The second kappa shape index (κ2) is 6.06. The largest absolute Gasteiger partial charge is 0.480 e. The van der Waals surface area contributed by atoms with E-state index in [2.05, 4.69) is 22.1 Å². The van der Waals surface area contributed by atoms with Gasteiger partial charge in [-0.05, 0) is 32.2 Å². The molecule has 0 spiro atoms. The van der Waals surface area contributed by atoms with E-state index in [1.807, 2.05) is 0 Å². The van der Waals surface area contributed by atoms with Crippen molar-refractivity contribution in [3.05, 3.63) is 12.7 Å². The van der Waals surface area contributed by atoms with Crippen LogP contribution in [-0.4, -0.2) is 53.2 Å². The molecule has 0 aliphatic carbocycles. The predicted molar refractivity (Wildman–Crippen MR) is 70.9 cm³/mol. The fourth-order valence-electron chi connectivity index (χ4n) is 3.01. The number of hydrogen-bond donors (Lipinski definition) is 3. The number of fused-ring (bicyclic) bond motifs is 1. The average Bonchev–Trinajstić information content (AvgIpc) is 2.93. The Morgan fingerprint density at radius 2 is 2.21 bits per heavy atom. The second-order valence-electron chi connectivity index (χ2n) is 5.17. The van der Waals surface area contributed by atoms with E-state index in [0.29, 0.717) is 6.04 Å². The number of hydrogen-bond acceptors (Lipinski definition) is 3. The number of nitrogens with zero attached hydrogens (tertiary/aromatic N) is 1. The van der Waals surface area contributed by atoms with Crippen LogP contribution in [0.25, 0.3) is 0 Å². The van der Waals surface area contributed by atoms with Crippen molar-refractivity contribution in [3.8, 4) is 0 Å². The van der Waals surface area contributed by atoms with Crippen molar-refractivity contribution in [1.29, 1.82) is 0 Å². The molecule has 2 aliphatic heterocycles. The van der Waals surface area contributed by atoms with Crippen molar-refractivity contribution in [1.82, 2.24) is 15.5 Å². The third-order valence-corrected chi connectivity index (χ3v) is 3.93. The van der Waals surface area contributed by atoms with Crippen LogP contribution in [0.2, 0.25) is 0 Å². The van der Waals surface area contributed by atoms with Crippen LogP contribution >= 0.6 is 0 Å². The van der Waals surface area contributed by atoms with Gasteiger partial charge in [-0.1, -0.05) is 6.08 Å². The van der Waals surface area contributed by atoms with E-state index in [4.69, 9.17) is 5.11 Å². The maximum Gasteiger partial charge on any atom is 0.326 e. The summed E-state index contributed by atoms with van der Waals surface area (Å²) in [6.07, 6.45) is 4.95. The first-order valence-corrected chi connectivity index (χ1v) is 6.76. The predicted octanol–water partition coefficient (Wildman–Crippen LogP) is 0.552. The van der Waals surface area contributed by atoms with Crippen LogP contribution in [0, 0.1) is 0 Å². The van der Waals surface area contributed by atoms with Gasteiger partial charge in [-0.25, -0.2) is 9.59 Å². The third-order valence-electron chi connectivity index (χ3n) is 3.93. The Kier molecular flexibility index (Phi) is 4.42. The zero-order valence-electron chi connectivity index (χ0n) is 11.0. The van der Waals surface area contributed by atoms with Crippen LogP contribution in [0.15, 0.2) is 12.7 Å². The highest BCUT2D eigenvalue weighted by Crippen LogP contribution is 2.27. The van der Waals surface area contributed by atoms with Gasteiger partial charge < -0.3 is 15.7 Å². The topological polar surface area (TPSA) is 81.7 Å². The Morgan fingerprint density at radius 1 is 1.42 bits per heavy atom. The number of carboxylic acids is 1. The van der Waals surface area contributed by atoms with E-state index in [1.54, 1.807) is 0 Å².